The maximum absolute atomic E-state index is 12.7. The SMILES string of the molecule is Cc1cc(NC(=O)Cn2nc(C)c3c(-c4ccccc4)ccnc32)n(C(C)C)n1. The van der Waals surface area contributed by atoms with Crippen molar-refractivity contribution in [1.82, 2.24) is 24.5 Å². The van der Waals surface area contributed by atoms with E-state index in [4.69, 9.17) is 0 Å². The number of hydrogen-bond acceptors (Lipinski definition) is 4. The lowest BCUT2D eigenvalue weighted by atomic mass is 10.0. The lowest BCUT2D eigenvalue weighted by molar-refractivity contribution is -0.116. The Morgan fingerprint density at radius 1 is 1.10 bits per heavy atom. The number of nitrogens with one attached hydrogen (secondary N) is 1. The quantitative estimate of drug-likeness (QED) is 0.558. The van der Waals surface area contributed by atoms with E-state index in [0.29, 0.717) is 11.5 Å². The van der Waals surface area contributed by atoms with E-state index in [-0.39, 0.29) is 18.5 Å². The fourth-order valence-corrected chi connectivity index (χ4v) is 3.57. The molecule has 1 N–H and O–H groups in total. The first kappa shape index (κ1) is 18.9. The summed E-state index contributed by atoms with van der Waals surface area (Å²) in [6.07, 6.45) is 1.76. The average molecular weight is 388 g/mol. The van der Waals surface area contributed by atoms with E-state index in [2.05, 4.69) is 32.6 Å². The van der Waals surface area contributed by atoms with E-state index in [9.17, 15) is 4.79 Å². The van der Waals surface area contributed by atoms with Crippen molar-refractivity contribution in [1.29, 1.82) is 0 Å². The van der Waals surface area contributed by atoms with Gasteiger partial charge in [0.2, 0.25) is 5.91 Å². The molecule has 0 spiro atoms. The number of amides is 1. The highest BCUT2D eigenvalue weighted by molar-refractivity contribution is 5.96. The van der Waals surface area contributed by atoms with E-state index in [1.807, 2.05) is 62.7 Å². The maximum atomic E-state index is 12.7. The molecule has 0 radical (unpaired) electrons. The number of rotatable bonds is 5. The average Bonchev–Trinajstić information content (AvgIpc) is 3.22. The van der Waals surface area contributed by atoms with Crippen LogP contribution in [-0.4, -0.2) is 30.5 Å². The predicted octanol–water partition coefficient (Wildman–Crippen LogP) is 4.13. The summed E-state index contributed by atoms with van der Waals surface area (Å²) in [7, 11) is 0. The third-order valence-corrected chi connectivity index (χ3v) is 4.80. The van der Waals surface area contributed by atoms with Crippen molar-refractivity contribution >= 4 is 22.8 Å². The Morgan fingerprint density at radius 3 is 2.59 bits per heavy atom. The Labute approximate surface area is 169 Å². The van der Waals surface area contributed by atoms with Crippen LogP contribution in [0.15, 0.2) is 48.7 Å². The minimum atomic E-state index is -0.164. The second kappa shape index (κ2) is 7.50. The highest BCUT2D eigenvalue weighted by Crippen LogP contribution is 2.29. The molecule has 3 aromatic heterocycles. The first-order valence-corrected chi connectivity index (χ1v) is 9.67. The number of aromatic nitrogens is 5. The number of carbonyl (C=O) groups is 1. The third-order valence-electron chi connectivity index (χ3n) is 4.80. The topological polar surface area (TPSA) is 77.6 Å². The Hall–Kier alpha value is -3.48. The number of carbonyl (C=O) groups excluding carboxylic acids is 1. The maximum Gasteiger partial charge on any atom is 0.247 e. The monoisotopic (exact) mass is 388 g/mol. The molecule has 0 saturated carbocycles. The molecule has 4 rings (SSSR count). The van der Waals surface area contributed by atoms with Crippen LogP contribution in [0.2, 0.25) is 0 Å². The zero-order chi connectivity index (χ0) is 20.5. The molecule has 0 bridgehead atoms. The van der Waals surface area contributed by atoms with Crippen LogP contribution in [0.4, 0.5) is 5.82 Å². The van der Waals surface area contributed by atoms with Crippen molar-refractivity contribution in [3.8, 4) is 11.1 Å². The summed E-state index contributed by atoms with van der Waals surface area (Å²) in [6, 6.07) is 14.1. The molecular formula is C22H24N6O. The van der Waals surface area contributed by atoms with Crippen molar-refractivity contribution in [3.05, 3.63) is 60.0 Å². The number of aryl methyl sites for hydroxylation is 2. The molecule has 0 unspecified atom stereocenters. The van der Waals surface area contributed by atoms with E-state index in [1.54, 1.807) is 10.9 Å². The van der Waals surface area contributed by atoms with E-state index >= 15 is 0 Å². The first-order valence-electron chi connectivity index (χ1n) is 9.67. The molecule has 3 heterocycles. The van der Waals surface area contributed by atoms with E-state index in [1.165, 1.54) is 0 Å². The van der Waals surface area contributed by atoms with Gasteiger partial charge < -0.3 is 5.32 Å². The molecule has 0 fully saturated rings. The van der Waals surface area contributed by atoms with Gasteiger partial charge >= 0.3 is 0 Å². The van der Waals surface area contributed by atoms with Gasteiger partial charge in [0.1, 0.15) is 12.4 Å². The Bertz CT molecular complexity index is 1170. The van der Waals surface area contributed by atoms with Crippen LogP contribution in [0.1, 0.15) is 31.3 Å². The smallest absolute Gasteiger partial charge is 0.247 e. The highest BCUT2D eigenvalue weighted by atomic mass is 16.2. The van der Waals surface area contributed by atoms with Gasteiger partial charge in [-0.15, -0.1) is 0 Å². The van der Waals surface area contributed by atoms with Crippen LogP contribution in [0.3, 0.4) is 0 Å². The highest BCUT2D eigenvalue weighted by Gasteiger charge is 2.17. The zero-order valence-corrected chi connectivity index (χ0v) is 17.0. The Morgan fingerprint density at radius 2 is 1.86 bits per heavy atom. The van der Waals surface area contributed by atoms with Gasteiger partial charge in [-0.1, -0.05) is 30.3 Å². The number of hydrogen-bond donors (Lipinski definition) is 1. The summed E-state index contributed by atoms with van der Waals surface area (Å²) in [5.74, 6) is 0.525. The van der Waals surface area contributed by atoms with Crippen molar-refractivity contribution in [2.75, 3.05) is 5.32 Å². The molecule has 7 heteroatoms. The van der Waals surface area contributed by atoms with Gasteiger partial charge in [0.15, 0.2) is 5.65 Å². The second-order valence-electron chi connectivity index (χ2n) is 7.42. The van der Waals surface area contributed by atoms with Crippen LogP contribution < -0.4 is 5.32 Å². The molecule has 0 aliphatic heterocycles. The fourth-order valence-electron chi connectivity index (χ4n) is 3.57. The van der Waals surface area contributed by atoms with Gasteiger partial charge in [0.05, 0.1) is 11.4 Å². The number of nitrogens with zero attached hydrogens (tertiary/aromatic N) is 5. The van der Waals surface area contributed by atoms with Crippen LogP contribution in [-0.2, 0) is 11.3 Å². The van der Waals surface area contributed by atoms with Gasteiger partial charge in [0.25, 0.3) is 0 Å². The van der Waals surface area contributed by atoms with Gasteiger partial charge in [-0.05, 0) is 44.9 Å². The molecule has 7 nitrogen and oxygen atoms in total. The largest absolute Gasteiger partial charge is 0.309 e. The fraction of sp³-hybridized carbons (Fsp3) is 0.273. The summed E-state index contributed by atoms with van der Waals surface area (Å²) < 4.78 is 3.47. The van der Waals surface area contributed by atoms with Gasteiger partial charge in [0, 0.05) is 23.7 Å². The molecule has 0 aliphatic carbocycles. The molecule has 0 aliphatic rings. The van der Waals surface area contributed by atoms with E-state index < -0.39 is 0 Å². The van der Waals surface area contributed by atoms with Crippen molar-refractivity contribution in [2.24, 2.45) is 0 Å². The van der Waals surface area contributed by atoms with Crippen molar-refractivity contribution in [2.45, 2.75) is 40.3 Å². The summed E-state index contributed by atoms with van der Waals surface area (Å²) >= 11 is 0. The lowest BCUT2D eigenvalue weighted by Crippen LogP contribution is -2.22. The second-order valence-corrected chi connectivity index (χ2v) is 7.42. The summed E-state index contributed by atoms with van der Waals surface area (Å²) in [5, 5.41) is 12.9. The van der Waals surface area contributed by atoms with Crippen molar-refractivity contribution < 1.29 is 4.79 Å². The van der Waals surface area contributed by atoms with Crippen LogP contribution in [0.5, 0.6) is 0 Å². The lowest BCUT2D eigenvalue weighted by Gasteiger charge is -2.12. The number of benzene rings is 1. The van der Waals surface area contributed by atoms with Gasteiger partial charge in [-0.3, -0.25) is 4.79 Å². The molecule has 148 valence electrons. The van der Waals surface area contributed by atoms with Crippen LogP contribution >= 0.6 is 0 Å². The Balaban J connectivity index is 1.65. The van der Waals surface area contributed by atoms with Crippen LogP contribution in [0.25, 0.3) is 22.2 Å². The molecule has 0 atom stereocenters. The Kier molecular flexibility index (Phi) is 4.88. The van der Waals surface area contributed by atoms with Gasteiger partial charge in [-0.2, -0.15) is 10.2 Å². The molecular weight excluding hydrogens is 364 g/mol. The molecule has 4 aromatic rings. The third kappa shape index (κ3) is 3.63. The molecule has 1 aromatic carbocycles. The number of pyridine rings is 1. The minimum absolute atomic E-state index is 0.0813. The molecule has 29 heavy (non-hydrogen) atoms. The van der Waals surface area contributed by atoms with Crippen molar-refractivity contribution in [3.63, 3.8) is 0 Å². The first-order chi connectivity index (χ1) is 13.9. The zero-order valence-electron chi connectivity index (χ0n) is 17.0. The molecule has 0 saturated heterocycles. The molecule has 1 amide bonds. The number of anilines is 1. The number of fused-ring (bicyclic) bond motifs is 1. The normalized spacial score (nSPS) is 11.3. The van der Waals surface area contributed by atoms with Crippen LogP contribution in [0, 0.1) is 13.8 Å². The summed E-state index contributed by atoms with van der Waals surface area (Å²) in [5.41, 5.74) is 4.58. The summed E-state index contributed by atoms with van der Waals surface area (Å²) in [6.45, 7) is 8.00. The predicted molar refractivity (Wildman–Crippen MR) is 114 cm³/mol. The summed E-state index contributed by atoms with van der Waals surface area (Å²) in [4.78, 5) is 17.2. The minimum Gasteiger partial charge on any atom is -0.309 e. The van der Waals surface area contributed by atoms with Gasteiger partial charge in [-0.25, -0.2) is 14.3 Å². The standard InChI is InChI=1S/C22H24N6O/c1-14(2)28-19(12-15(3)25-28)24-20(29)13-27-22-21(16(4)26-27)18(10-11-23-22)17-8-6-5-7-9-17/h5-12,14H,13H2,1-4H3,(H,24,29). The van der Waals surface area contributed by atoms with E-state index in [0.717, 1.165) is 27.9 Å².